The van der Waals surface area contributed by atoms with Crippen LogP contribution in [0.4, 0.5) is 0 Å². The summed E-state index contributed by atoms with van der Waals surface area (Å²) in [5.41, 5.74) is 2.40. The monoisotopic (exact) mass is 377 g/mol. The van der Waals surface area contributed by atoms with Gasteiger partial charge in [-0.1, -0.05) is 6.07 Å². The Morgan fingerprint density at radius 3 is 3.00 bits per heavy atom. The zero-order valence-electron chi connectivity index (χ0n) is 14.8. The highest BCUT2D eigenvalue weighted by Crippen LogP contribution is 2.41. The molecule has 0 amide bonds. The SMILES string of the molecule is COc1cc(CN2CCNCC2c2cccnc2)cc2c1OCCO2.Cl. The fourth-order valence-corrected chi connectivity index (χ4v) is 3.49. The molecule has 7 heteroatoms. The molecule has 1 unspecified atom stereocenters. The minimum Gasteiger partial charge on any atom is -0.493 e. The van der Waals surface area contributed by atoms with Crippen molar-refractivity contribution in [2.45, 2.75) is 12.6 Å². The first-order chi connectivity index (χ1) is 12.3. The van der Waals surface area contributed by atoms with Gasteiger partial charge in [-0.3, -0.25) is 9.88 Å². The molecule has 1 saturated heterocycles. The van der Waals surface area contributed by atoms with Crippen LogP contribution in [0.5, 0.6) is 17.2 Å². The molecule has 1 atom stereocenters. The van der Waals surface area contributed by atoms with Gasteiger partial charge < -0.3 is 19.5 Å². The summed E-state index contributed by atoms with van der Waals surface area (Å²) in [7, 11) is 1.67. The first kappa shape index (κ1) is 18.8. The molecule has 0 saturated carbocycles. The van der Waals surface area contributed by atoms with E-state index >= 15 is 0 Å². The van der Waals surface area contributed by atoms with Gasteiger partial charge in [0, 0.05) is 44.6 Å². The topological polar surface area (TPSA) is 55.9 Å². The van der Waals surface area contributed by atoms with Crippen LogP contribution in [0.25, 0.3) is 0 Å². The standard InChI is InChI=1S/C19H23N3O3.ClH/c1-23-17-9-14(10-18-19(17)25-8-7-24-18)13-22-6-5-21-12-16(22)15-3-2-4-20-11-15;/h2-4,9-11,16,21H,5-8,12-13H2,1H3;1H. The fourth-order valence-electron chi connectivity index (χ4n) is 3.49. The van der Waals surface area contributed by atoms with Gasteiger partial charge in [-0.2, -0.15) is 0 Å². The summed E-state index contributed by atoms with van der Waals surface area (Å²) >= 11 is 0. The molecule has 1 N–H and O–H groups in total. The summed E-state index contributed by atoms with van der Waals surface area (Å²) in [6.07, 6.45) is 3.77. The van der Waals surface area contributed by atoms with Crippen molar-refractivity contribution in [1.29, 1.82) is 0 Å². The van der Waals surface area contributed by atoms with Crippen LogP contribution in [-0.4, -0.2) is 49.8 Å². The lowest BCUT2D eigenvalue weighted by Gasteiger charge is -2.36. The third-order valence-corrected chi connectivity index (χ3v) is 4.70. The van der Waals surface area contributed by atoms with E-state index in [1.54, 1.807) is 7.11 Å². The Balaban J connectivity index is 0.00000196. The number of halogens is 1. The van der Waals surface area contributed by atoms with Crippen molar-refractivity contribution in [2.75, 3.05) is 40.0 Å². The van der Waals surface area contributed by atoms with Crippen LogP contribution in [0.1, 0.15) is 17.2 Å². The van der Waals surface area contributed by atoms with Crippen molar-refractivity contribution in [3.63, 3.8) is 0 Å². The number of methoxy groups -OCH3 is 1. The minimum absolute atomic E-state index is 0. The Hall–Kier alpha value is -2.02. The van der Waals surface area contributed by atoms with Crippen molar-refractivity contribution < 1.29 is 14.2 Å². The van der Waals surface area contributed by atoms with E-state index in [0.717, 1.165) is 43.2 Å². The average Bonchev–Trinajstić information content (AvgIpc) is 2.68. The van der Waals surface area contributed by atoms with Gasteiger partial charge in [0.25, 0.3) is 0 Å². The summed E-state index contributed by atoms with van der Waals surface area (Å²) in [5, 5.41) is 3.48. The maximum Gasteiger partial charge on any atom is 0.203 e. The van der Waals surface area contributed by atoms with Crippen LogP contribution in [0.2, 0.25) is 0 Å². The van der Waals surface area contributed by atoms with Gasteiger partial charge in [0.05, 0.1) is 7.11 Å². The molecule has 2 aromatic rings. The van der Waals surface area contributed by atoms with Gasteiger partial charge in [-0.15, -0.1) is 12.4 Å². The van der Waals surface area contributed by atoms with Crippen molar-refractivity contribution in [1.82, 2.24) is 15.2 Å². The molecule has 4 rings (SSSR count). The van der Waals surface area contributed by atoms with Crippen LogP contribution in [-0.2, 0) is 6.54 Å². The van der Waals surface area contributed by atoms with Gasteiger partial charge in [-0.05, 0) is 29.3 Å². The molecule has 1 aromatic carbocycles. The zero-order valence-corrected chi connectivity index (χ0v) is 15.6. The maximum atomic E-state index is 5.76. The number of rotatable bonds is 4. The molecule has 1 fully saturated rings. The molecule has 140 valence electrons. The number of aromatic nitrogens is 1. The highest BCUT2D eigenvalue weighted by atomic mass is 35.5. The number of nitrogens with zero attached hydrogens (tertiary/aromatic N) is 2. The van der Waals surface area contributed by atoms with Gasteiger partial charge in [-0.25, -0.2) is 0 Å². The number of pyridine rings is 1. The predicted molar refractivity (Wildman–Crippen MR) is 101 cm³/mol. The molecule has 0 aliphatic carbocycles. The van der Waals surface area contributed by atoms with Crippen LogP contribution >= 0.6 is 12.4 Å². The molecular weight excluding hydrogens is 354 g/mol. The highest BCUT2D eigenvalue weighted by molar-refractivity contribution is 5.85. The Labute approximate surface area is 159 Å². The van der Waals surface area contributed by atoms with E-state index in [9.17, 15) is 0 Å². The Morgan fingerprint density at radius 2 is 2.19 bits per heavy atom. The third kappa shape index (κ3) is 3.87. The smallest absolute Gasteiger partial charge is 0.203 e. The lowest BCUT2D eigenvalue weighted by molar-refractivity contribution is 0.150. The van der Waals surface area contributed by atoms with Crippen molar-refractivity contribution in [2.24, 2.45) is 0 Å². The second kappa shape index (κ2) is 8.58. The number of piperazine rings is 1. The second-order valence-corrected chi connectivity index (χ2v) is 6.30. The van der Waals surface area contributed by atoms with E-state index < -0.39 is 0 Å². The number of benzene rings is 1. The molecule has 3 heterocycles. The Morgan fingerprint density at radius 1 is 1.31 bits per heavy atom. The van der Waals surface area contributed by atoms with Crippen molar-refractivity contribution in [3.05, 3.63) is 47.8 Å². The normalized spacial score (nSPS) is 19.5. The summed E-state index contributed by atoms with van der Waals surface area (Å²) in [5.74, 6) is 2.22. The second-order valence-electron chi connectivity index (χ2n) is 6.30. The van der Waals surface area contributed by atoms with Crippen LogP contribution in [0.15, 0.2) is 36.7 Å². The lowest BCUT2D eigenvalue weighted by atomic mass is 10.0. The van der Waals surface area contributed by atoms with Gasteiger partial charge in [0.15, 0.2) is 11.5 Å². The van der Waals surface area contributed by atoms with Gasteiger partial charge in [0.1, 0.15) is 13.2 Å². The Kier molecular flexibility index (Phi) is 6.19. The summed E-state index contributed by atoms with van der Waals surface area (Å²) in [4.78, 5) is 6.75. The molecular formula is C19H24ClN3O3. The molecule has 2 aliphatic rings. The first-order valence-electron chi connectivity index (χ1n) is 8.66. The number of fused-ring (bicyclic) bond motifs is 1. The number of nitrogens with one attached hydrogen (secondary N) is 1. The maximum absolute atomic E-state index is 5.76. The van der Waals surface area contributed by atoms with Gasteiger partial charge >= 0.3 is 0 Å². The Bertz CT molecular complexity index is 712. The summed E-state index contributed by atoms with van der Waals surface area (Å²) in [6.45, 7) is 4.85. The number of ether oxygens (including phenoxy) is 3. The van der Waals surface area contributed by atoms with Crippen molar-refractivity contribution >= 4 is 12.4 Å². The quantitative estimate of drug-likeness (QED) is 0.883. The predicted octanol–water partition coefficient (Wildman–Crippen LogP) is 2.43. The average molecular weight is 378 g/mol. The van der Waals surface area contributed by atoms with E-state index in [-0.39, 0.29) is 12.4 Å². The van der Waals surface area contributed by atoms with E-state index in [0.29, 0.717) is 25.0 Å². The first-order valence-corrected chi connectivity index (χ1v) is 8.66. The van der Waals surface area contributed by atoms with E-state index in [1.165, 1.54) is 5.56 Å². The zero-order chi connectivity index (χ0) is 17.1. The van der Waals surface area contributed by atoms with Gasteiger partial charge in [0.2, 0.25) is 5.75 Å². The fraction of sp³-hybridized carbons (Fsp3) is 0.421. The largest absolute Gasteiger partial charge is 0.493 e. The highest BCUT2D eigenvalue weighted by Gasteiger charge is 2.25. The van der Waals surface area contributed by atoms with Crippen molar-refractivity contribution in [3.8, 4) is 17.2 Å². The molecule has 0 bridgehead atoms. The lowest BCUT2D eigenvalue weighted by Crippen LogP contribution is -2.45. The molecule has 6 nitrogen and oxygen atoms in total. The number of hydrogen-bond acceptors (Lipinski definition) is 6. The minimum atomic E-state index is 0. The van der Waals surface area contributed by atoms with Crippen LogP contribution < -0.4 is 19.5 Å². The van der Waals surface area contributed by atoms with E-state index in [2.05, 4.69) is 33.4 Å². The third-order valence-electron chi connectivity index (χ3n) is 4.70. The number of hydrogen-bond donors (Lipinski definition) is 1. The van der Waals surface area contributed by atoms with Crippen LogP contribution in [0, 0.1) is 0 Å². The van der Waals surface area contributed by atoms with E-state index in [1.807, 2.05) is 18.5 Å². The summed E-state index contributed by atoms with van der Waals surface area (Å²) < 4.78 is 17.0. The molecule has 2 aliphatic heterocycles. The molecule has 1 aromatic heterocycles. The molecule has 26 heavy (non-hydrogen) atoms. The molecule has 0 radical (unpaired) electrons. The summed E-state index contributed by atoms with van der Waals surface area (Å²) in [6, 6.07) is 8.56. The van der Waals surface area contributed by atoms with E-state index in [4.69, 9.17) is 14.2 Å². The van der Waals surface area contributed by atoms with Crippen LogP contribution in [0.3, 0.4) is 0 Å². The molecule has 0 spiro atoms.